The lowest BCUT2D eigenvalue weighted by Gasteiger charge is -2.41. The van der Waals surface area contributed by atoms with Crippen molar-refractivity contribution in [1.29, 1.82) is 0 Å². The molecule has 1 fully saturated rings. The number of anilines is 1. The van der Waals surface area contributed by atoms with E-state index in [9.17, 15) is 0 Å². The average Bonchev–Trinajstić information content (AvgIpc) is 3.07. The number of fused-ring (bicyclic) bond motifs is 1. The van der Waals surface area contributed by atoms with Gasteiger partial charge in [-0.25, -0.2) is 4.68 Å². The van der Waals surface area contributed by atoms with Crippen molar-refractivity contribution >= 4 is 5.69 Å². The number of tetrazole rings is 1. The van der Waals surface area contributed by atoms with Crippen molar-refractivity contribution < 1.29 is 0 Å². The van der Waals surface area contributed by atoms with Crippen molar-refractivity contribution in [2.24, 2.45) is 11.8 Å². The van der Waals surface area contributed by atoms with Crippen molar-refractivity contribution in [2.45, 2.75) is 25.8 Å². The Bertz CT molecular complexity index is 646. The van der Waals surface area contributed by atoms with Crippen LogP contribution in [0.2, 0.25) is 0 Å². The van der Waals surface area contributed by atoms with Gasteiger partial charge in [0.05, 0.1) is 5.69 Å². The minimum Gasteiger partial charge on any atom is -0.381 e. The molecule has 3 unspecified atom stereocenters. The van der Waals surface area contributed by atoms with E-state index in [-0.39, 0.29) is 0 Å². The number of hydrogen-bond acceptors (Lipinski definition) is 4. The Morgan fingerprint density at radius 3 is 3.10 bits per heavy atom. The van der Waals surface area contributed by atoms with Crippen LogP contribution >= 0.6 is 0 Å². The third-order valence-electron chi connectivity index (χ3n) is 4.54. The van der Waals surface area contributed by atoms with Gasteiger partial charge in [0.25, 0.3) is 0 Å². The molecule has 1 aromatic carbocycles. The second kappa shape index (κ2) is 4.44. The fourth-order valence-electron chi connectivity index (χ4n) is 3.27. The van der Waals surface area contributed by atoms with E-state index in [0.29, 0.717) is 12.0 Å². The summed E-state index contributed by atoms with van der Waals surface area (Å²) >= 11 is 0. The van der Waals surface area contributed by atoms with Gasteiger partial charge in [-0.2, -0.15) is 0 Å². The summed E-state index contributed by atoms with van der Waals surface area (Å²) in [6.07, 6.45) is 8.83. The van der Waals surface area contributed by atoms with Crippen LogP contribution in [-0.2, 0) is 0 Å². The van der Waals surface area contributed by atoms with Gasteiger partial charge in [-0.15, -0.1) is 5.10 Å². The molecule has 1 aromatic heterocycles. The summed E-state index contributed by atoms with van der Waals surface area (Å²) in [5.41, 5.74) is 3.43. The zero-order valence-electron chi connectivity index (χ0n) is 11.4. The number of hydrogen-bond donors (Lipinski definition) is 1. The van der Waals surface area contributed by atoms with Gasteiger partial charge in [-0.05, 0) is 53.8 Å². The summed E-state index contributed by atoms with van der Waals surface area (Å²) in [7, 11) is 0. The molecule has 2 aromatic rings. The molecule has 1 saturated carbocycles. The van der Waals surface area contributed by atoms with Crippen molar-refractivity contribution in [1.82, 2.24) is 20.2 Å². The molecule has 20 heavy (non-hydrogen) atoms. The quantitative estimate of drug-likeness (QED) is 0.867. The van der Waals surface area contributed by atoms with Crippen LogP contribution in [0.15, 0.2) is 36.7 Å². The molecule has 2 aliphatic carbocycles. The molecule has 0 bridgehead atoms. The van der Waals surface area contributed by atoms with E-state index in [2.05, 4.69) is 52.1 Å². The Morgan fingerprint density at radius 2 is 2.30 bits per heavy atom. The van der Waals surface area contributed by atoms with Gasteiger partial charge in [0.15, 0.2) is 0 Å². The monoisotopic (exact) mass is 267 g/mol. The molecule has 5 nitrogen and oxygen atoms in total. The van der Waals surface area contributed by atoms with Crippen LogP contribution in [0.4, 0.5) is 5.69 Å². The average molecular weight is 267 g/mol. The smallest absolute Gasteiger partial charge is 0.143 e. The molecule has 3 atom stereocenters. The Kier molecular flexibility index (Phi) is 2.58. The van der Waals surface area contributed by atoms with Crippen LogP contribution in [-0.4, -0.2) is 26.2 Å². The van der Waals surface area contributed by atoms with E-state index in [4.69, 9.17) is 0 Å². The summed E-state index contributed by atoms with van der Waals surface area (Å²) in [5.74, 6) is 1.58. The van der Waals surface area contributed by atoms with Gasteiger partial charge >= 0.3 is 0 Å². The summed E-state index contributed by atoms with van der Waals surface area (Å²) in [6.45, 7) is 2.13. The number of rotatable bonds is 3. The van der Waals surface area contributed by atoms with E-state index < -0.39 is 0 Å². The fraction of sp³-hybridized carbons (Fsp3) is 0.400. The van der Waals surface area contributed by atoms with Gasteiger partial charge < -0.3 is 5.32 Å². The SMILES string of the molecule is Cc1ccc(-n2cnnn2)cc1NC1CC2CC=CC21. The van der Waals surface area contributed by atoms with Gasteiger partial charge in [-0.3, -0.25) is 0 Å². The highest BCUT2D eigenvalue weighted by atomic mass is 15.5. The summed E-state index contributed by atoms with van der Waals surface area (Å²) < 4.78 is 1.68. The lowest BCUT2D eigenvalue weighted by atomic mass is 9.71. The highest BCUT2D eigenvalue weighted by molar-refractivity contribution is 5.57. The Labute approximate surface area is 117 Å². The summed E-state index contributed by atoms with van der Waals surface area (Å²) in [6, 6.07) is 6.84. The van der Waals surface area contributed by atoms with E-state index in [0.717, 1.165) is 11.6 Å². The third kappa shape index (κ3) is 1.81. The number of aromatic nitrogens is 4. The maximum Gasteiger partial charge on any atom is 0.143 e. The van der Waals surface area contributed by atoms with E-state index >= 15 is 0 Å². The predicted octanol–water partition coefficient (Wildman–Crippen LogP) is 2.35. The fourth-order valence-corrected chi connectivity index (χ4v) is 3.27. The number of benzene rings is 1. The standard InChI is InChI=1S/C15H17N5/c1-10-5-6-12(20-9-16-18-19-20)8-14(10)17-15-7-11-3-2-4-13(11)15/h2,4-6,8-9,11,13,15,17H,3,7H2,1H3. The molecule has 5 heteroatoms. The first kappa shape index (κ1) is 11.6. The second-order valence-electron chi connectivity index (χ2n) is 5.74. The normalized spacial score (nSPS) is 27.1. The maximum absolute atomic E-state index is 3.94. The molecule has 1 N–H and O–H groups in total. The molecule has 0 saturated heterocycles. The van der Waals surface area contributed by atoms with Crippen LogP contribution in [0.5, 0.6) is 0 Å². The van der Waals surface area contributed by atoms with E-state index in [1.54, 1.807) is 11.0 Å². The van der Waals surface area contributed by atoms with Gasteiger partial charge in [0, 0.05) is 17.6 Å². The molecule has 0 radical (unpaired) electrons. The lowest BCUT2D eigenvalue weighted by Crippen LogP contribution is -2.43. The largest absolute Gasteiger partial charge is 0.381 e. The molecule has 1 heterocycles. The molecule has 102 valence electrons. The third-order valence-corrected chi connectivity index (χ3v) is 4.54. The number of nitrogens with zero attached hydrogens (tertiary/aromatic N) is 4. The van der Waals surface area contributed by atoms with E-state index in [1.165, 1.54) is 24.1 Å². The number of aryl methyl sites for hydroxylation is 1. The Hall–Kier alpha value is -2.17. The maximum atomic E-state index is 3.94. The minimum absolute atomic E-state index is 0.571. The van der Waals surface area contributed by atoms with Crippen LogP contribution in [0, 0.1) is 18.8 Å². The van der Waals surface area contributed by atoms with Gasteiger partial charge in [-0.1, -0.05) is 18.2 Å². The van der Waals surface area contributed by atoms with Crippen LogP contribution < -0.4 is 5.32 Å². The zero-order valence-corrected chi connectivity index (χ0v) is 11.4. The molecule has 0 amide bonds. The summed E-state index contributed by atoms with van der Waals surface area (Å²) in [4.78, 5) is 0. The Morgan fingerprint density at radius 1 is 1.35 bits per heavy atom. The first-order valence-electron chi connectivity index (χ1n) is 7.08. The topological polar surface area (TPSA) is 55.6 Å². The second-order valence-corrected chi connectivity index (χ2v) is 5.74. The minimum atomic E-state index is 0.571. The number of nitrogens with one attached hydrogen (secondary N) is 1. The summed E-state index contributed by atoms with van der Waals surface area (Å²) in [5, 5.41) is 15.0. The molecule has 0 spiro atoms. The molecule has 4 rings (SSSR count). The van der Waals surface area contributed by atoms with Crippen molar-refractivity contribution in [2.75, 3.05) is 5.32 Å². The molecule has 0 aliphatic heterocycles. The van der Waals surface area contributed by atoms with Gasteiger partial charge in [0.1, 0.15) is 6.33 Å². The van der Waals surface area contributed by atoms with Crippen molar-refractivity contribution in [3.05, 3.63) is 42.2 Å². The predicted molar refractivity (Wildman–Crippen MR) is 76.7 cm³/mol. The van der Waals surface area contributed by atoms with Crippen LogP contribution in [0.1, 0.15) is 18.4 Å². The number of allylic oxidation sites excluding steroid dienone is 1. The van der Waals surface area contributed by atoms with E-state index in [1.807, 2.05) is 6.07 Å². The first-order valence-corrected chi connectivity index (χ1v) is 7.08. The van der Waals surface area contributed by atoms with Gasteiger partial charge in [0.2, 0.25) is 0 Å². The van der Waals surface area contributed by atoms with Crippen LogP contribution in [0.3, 0.4) is 0 Å². The van der Waals surface area contributed by atoms with Crippen LogP contribution in [0.25, 0.3) is 5.69 Å². The Balaban J connectivity index is 1.58. The van der Waals surface area contributed by atoms with Crippen molar-refractivity contribution in [3.8, 4) is 5.69 Å². The first-order chi connectivity index (χ1) is 9.81. The lowest BCUT2D eigenvalue weighted by molar-refractivity contribution is 0.218. The molecule has 2 aliphatic rings. The highest BCUT2D eigenvalue weighted by Crippen LogP contribution is 2.44. The highest BCUT2D eigenvalue weighted by Gasteiger charge is 2.40. The zero-order chi connectivity index (χ0) is 13.5. The molecular formula is C15H17N5. The van der Waals surface area contributed by atoms with Crippen molar-refractivity contribution in [3.63, 3.8) is 0 Å². The molecular weight excluding hydrogens is 250 g/mol.